The van der Waals surface area contributed by atoms with Crippen LogP contribution in [0.5, 0.6) is 17.4 Å². The van der Waals surface area contributed by atoms with Gasteiger partial charge < -0.3 is 19.9 Å². The number of aromatic amines is 1. The molecule has 0 bridgehead atoms. The highest BCUT2D eigenvalue weighted by Crippen LogP contribution is 2.47. The zero-order valence-corrected chi connectivity index (χ0v) is 15.3. The summed E-state index contributed by atoms with van der Waals surface area (Å²) in [4.78, 5) is 4.06. The lowest BCUT2D eigenvalue weighted by molar-refractivity contribution is 0.379. The SMILES string of the molecule is COc1ccc(OC)c(-c2[nH]nc3c2C(c2ccncc2)C(C#N)=C(N)O3)c1. The van der Waals surface area contributed by atoms with E-state index in [2.05, 4.69) is 21.3 Å². The van der Waals surface area contributed by atoms with Crippen LogP contribution in [0, 0.1) is 11.3 Å². The van der Waals surface area contributed by atoms with E-state index < -0.39 is 5.92 Å². The molecule has 140 valence electrons. The molecule has 4 rings (SSSR count). The smallest absolute Gasteiger partial charge is 0.244 e. The third kappa shape index (κ3) is 2.70. The monoisotopic (exact) mass is 375 g/mol. The molecule has 0 radical (unpaired) electrons. The molecule has 0 aliphatic carbocycles. The first-order chi connectivity index (χ1) is 13.7. The Balaban J connectivity index is 1.98. The molecule has 2 aromatic heterocycles. The maximum atomic E-state index is 9.74. The number of pyridine rings is 1. The Bertz CT molecular complexity index is 1100. The van der Waals surface area contributed by atoms with Gasteiger partial charge in [0.15, 0.2) is 0 Å². The molecule has 8 heteroatoms. The fourth-order valence-electron chi connectivity index (χ4n) is 3.35. The van der Waals surface area contributed by atoms with Crippen LogP contribution in [0.4, 0.5) is 0 Å². The van der Waals surface area contributed by atoms with E-state index in [0.717, 1.165) is 11.1 Å². The average Bonchev–Trinajstić information content (AvgIpc) is 3.15. The molecule has 8 nitrogen and oxygen atoms in total. The Labute approximate surface area is 161 Å². The Morgan fingerprint density at radius 1 is 1.18 bits per heavy atom. The number of hydrogen-bond acceptors (Lipinski definition) is 7. The Kier molecular flexibility index (Phi) is 4.33. The summed E-state index contributed by atoms with van der Waals surface area (Å²) in [6.07, 6.45) is 3.34. The number of ether oxygens (including phenoxy) is 3. The van der Waals surface area contributed by atoms with Crippen molar-refractivity contribution in [1.29, 1.82) is 5.26 Å². The predicted molar refractivity (Wildman–Crippen MR) is 101 cm³/mol. The van der Waals surface area contributed by atoms with Gasteiger partial charge in [0.1, 0.15) is 23.1 Å². The second kappa shape index (κ2) is 6.96. The van der Waals surface area contributed by atoms with Gasteiger partial charge in [-0.1, -0.05) is 0 Å². The predicted octanol–water partition coefficient (Wildman–Crippen LogP) is 2.71. The van der Waals surface area contributed by atoms with Crippen LogP contribution in [0.2, 0.25) is 0 Å². The van der Waals surface area contributed by atoms with Crippen LogP contribution in [-0.4, -0.2) is 29.4 Å². The number of nitrogens with two attached hydrogens (primary N) is 1. The first-order valence-corrected chi connectivity index (χ1v) is 8.46. The molecule has 1 aliphatic heterocycles. The van der Waals surface area contributed by atoms with Crippen LogP contribution >= 0.6 is 0 Å². The van der Waals surface area contributed by atoms with E-state index in [1.165, 1.54) is 0 Å². The lowest BCUT2D eigenvalue weighted by Crippen LogP contribution is -2.21. The zero-order chi connectivity index (χ0) is 19.7. The normalized spacial score (nSPS) is 15.4. The van der Waals surface area contributed by atoms with Gasteiger partial charge in [-0.15, -0.1) is 5.10 Å². The highest BCUT2D eigenvalue weighted by Gasteiger charge is 2.36. The second-order valence-corrected chi connectivity index (χ2v) is 6.09. The molecular weight excluding hydrogens is 358 g/mol. The summed E-state index contributed by atoms with van der Waals surface area (Å²) in [5, 5.41) is 17.0. The quantitative estimate of drug-likeness (QED) is 0.719. The van der Waals surface area contributed by atoms with Crippen molar-refractivity contribution < 1.29 is 14.2 Å². The molecule has 3 aromatic rings. The molecule has 0 spiro atoms. The van der Waals surface area contributed by atoms with Crippen molar-refractivity contribution in [2.75, 3.05) is 14.2 Å². The van der Waals surface area contributed by atoms with Crippen molar-refractivity contribution in [3.05, 3.63) is 65.3 Å². The minimum Gasteiger partial charge on any atom is -0.497 e. The zero-order valence-electron chi connectivity index (χ0n) is 15.3. The summed E-state index contributed by atoms with van der Waals surface area (Å²) in [6.45, 7) is 0. The molecule has 1 atom stereocenters. The standard InChI is InChI=1S/C20H17N5O3/c1-26-12-3-4-15(27-2)13(9-12)18-17-16(11-5-7-23-8-6-11)14(10-21)19(22)28-20(17)25-24-18/h3-9,16H,22H2,1-2H3,(H,24,25). The van der Waals surface area contributed by atoms with E-state index in [1.54, 1.807) is 32.7 Å². The average molecular weight is 375 g/mol. The van der Waals surface area contributed by atoms with Gasteiger partial charge in [-0.05, 0) is 35.9 Å². The van der Waals surface area contributed by atoms with Gasteiger partial charge >= 0.3 is 0 Å². The number of aromatic nitrogens is 3. The second-order valence-electron chi connectivity index (χ2n) is 6.09. The van der Waals surface area contributed by atoms with Crippen LogP contribution in [0.3, 0.4) is 0 Å². The van der Waals surface area contributed by atoms with Crippen LogP contribution < -0.4 is 19.9 Å². The summed E-state index contributed by atoms with van der Waals surface area (Å²) in [7, 11) is 3.18. The Morgan fingerprint density at radius 2 is 1.96 bits per heavy atom. The summed E-state index contributed by atoms with van der Waals surface area (Å²) in [6, 6.07) is 11.3. The summed E-state index contributed by atoms with van der Waals surface area (Å²) in [5.74, 6) is 1.18. The Morgan fingerprint density at radius 3 is 2.64 bits per heavy atom. The van der Waals surface area contributed by atoms with Gasteiger partial charge in [0, 0.05) is 18.0 Å². The fraction of sp³-hybridized carbons (Fsp3) is 0.150. The molecule has 3 N–H and O–H groups in total. The largest absolute Gasteiger partial charge is 0.497 e. The minimum absolute atomic E-state index is 0.0347. The van der Waals surface area contributed by atoms with Crippen molar-refractivity contribution in [2.24, 2.45) is 5.73 Å². The van der Waals surface area contributed by atoms with Crippen LogP contribution in [-0.2, 0) is 0 Å². The van der Waals surface area contributed by atoms with E-state index in [9.17, 15) is 5.26 Å². The molecule has 1 aliphatic rings. The number of nitrogens with one attached hydrogen (secondary N) is 1. The van der Waals surface area contributed by atoms with E-state index in [0.29, 0.717) is 34.2 Å². The lowest BCUT2D eigenvalue weighted by Gasteiger charge is -2.24. The van der Waals surface area contributed by atoms with E-state index in [-0.39, 0.29) is 5.88 Å². The molecule has 1 unspecified atom stereocenters. The number of nitriles is 1. The highest BCUT2D eigenvalue weighted by molar-refractivity contribution is 5.76. The first-order valence-electron chi connectivity index (χ1n) is 8.46. The molecule has 1 aromatic carbocycles. The summed E-state index contributed by atoms with van der Waals surface area (Å²) in [5.41, 5.74) is 9.25. The topological polar surface area (TPSA) is 119 Å². The first kappa shape index (κ1) is 17.4. The highest BCUT2D eigenvalue weighted by atomic mass is 16.5. The van der Waals surface area contributed by atoms with E-state index in [4.69, 9.17) is 19.9 Å². The molecular formula is C20H17N5O3. The van der Waals surface area contributed by atoms with E-state index >= 15 is 0 Å². The number of fused-ring (bicyclic) bond motifs is 1. The van der Waals surface area contributed by atoms with Gasteiger partial charge in [-0.2, -0.15) is 5.26 Å². The molecule has 28 heavy (non-hydrogen) atoms. The van der Waals surface area contributed by atoms with Crippen molar-refractivity contribution >= 4 is 0 Å². The number of methoxy groups -OCH3 is 2. The number of benzene rings is 1. The van der Waals surface area contributed by atoms with Crippen molar-refractivity contribution in [3.63, 3.8) is 0 Å². The van der Waals surface area contributed by atoms with Crippen LogP contribution in [0.25, 0.3) is 11.3 Å². The van der Waals surface area contributed by atoms with Gasteiger partial charge in [0.2, 0.25) is 11.8 Å². The molecule has 0 saturated carbocycles. The molecule has 0 amide bonds. The van der Waals surface area contributed by atoms with Crippen LogP contribution in [0.1, 0.15) is 17.0 Å². The molecule has 0 saturated heterocycles. The summed E-state index contributed by atoms with van der Waals surface area (Å²) < 4.78 is 16.5. The van der Waals surface area contributed by atoms with E-state index in [1.807, 2.05) is 24.3 Å². The molecule has 0 fully saturated rings. The number of allylic oxidation sites excluding steroid dienone is 1. The maximum absolute atomic E-state index is 9.74. The maximum Gasteiger partial charge on any atom is 0.244 e. The fourth-order valence-corrected chi connectivity index (χ4v) is 3.35. The minimum atomic E-state index is -0.457. The van der Waals surface area contributed by atoms with Gasteiger partial charge in [-0.3, -0.25) is 10.1 Å². The lowest BCUT2D eigenvalue weighted by atomic mass is 9.83. The number of rotatable bonds is 4. The van der Waals surface area contributed by atoms with Gasteiger partial charge in [-0.25, -0.2) is 0 Å². The molecule has 3 heterocycles. The van der Waals surface area contributed by atoms with Gasteiger partial charge in [0.05, 0.1) is 31.4 Å². The van der Waals surface area contributed by atoms with Crippen LogP contribution in [0.15, 0.2) is 54.2 Å². The summed E-state index contributed by atoms with van der Waals surface area (Å²) >= 11 is 0. The number of H-pyrrole nitrogens is 1. The van der Waals surface area contributed by atoms with Crippen molar-refractivity contribution in [1.82, 2.24) is 15.2 Å². The van der Waals surface area contributed by atoms with Gasteiger partial charge in [0.25, 0.3) is 0 Å². The number of nitrogens with zero attached hydrogens (tertiary/aromatic N) is 3. The number of hydrogen-bond donors (Lipinski definition) is 2. The third-order valence-corrected chi connectivity index (χ3v) is 4.65. The Hall–Kier alpha value is -3.99. The third-order valence-electron chi connectivity index (χ3n) is 4.65. The van der Waals surface area contributed by atoms with Crippen molar-refractivity contribution in [2.45, 2.75) is 5.92 Å². The van der Waals surface area contributed by atoms with Crippen molar-refractivity contribution in [3.8, 4) is 34.7 Å².